The fourth-order valence-electron chi connectivity index (χ4n) is 2.80. The minimum absolute atomic E-state index is 0.141. The average Bonchev–Trinajstić information content (AvgIpc) is 2.80. The van der Waals surface area contributed by atoms with Crippen molar-refractivity contribution in [2.24, 2.45) is 5.92 Å². The van der Waals surface area contributed by atoms with Crippen LogP contribution in [0.3, 0.4) is 0 Å². The third-order valence-corrected chi connectivity index (χ3v) is 4.05. The van der Waals surface area contributed by atoms with Crippen LogP contribution in [0.4, 0.5) is 0 Å². The van der Waals surface area contributed by atoms with Gasteiger partial charge >= 0.3 is 0 Å². The van der Waals surface area contributed by atoms with Gasteiger partial charge in [-0.15, -0.1) is 0 Å². The van der Waals surface area contributed by atoms with Crippen molar-refractivity contribution in [1.82, 2.24) is 10.2 Å². The zero-order valence-corrected chi connectivity index (χ0v) is 12.2. The molecular weight excluding hydrogens is 228 g/mol. The van der Waals surface area contributed by atoms with Gasteiger partial charge in [0.25, 0.3) is 0 Å². The van der Waals surface area contributed by atoms with Crippen LogP contribution in [0, 0.1) is 5.92 Å². The summed E-state index contributed by atoms with van der Waals surface area (Å²) in [5, 5.41) is 3.36. The van der Waals surface area contributed by atoms with Crippen molar-refractivity contribution in [3.05, 3.63) is 0 Å². The van der Waals surface area contributed by atoms with Gasteiger partial charge in [0.1, 0.15) is 0 Å². The van der Waals surface area contributed by atoms with Crippen molar-refractivity contribution < 1.29 is 9.53 Å². The van der Waals surface area contributed by atoms with Gasteiger partial charge in [0.15, 0.2) is 0 Å². The molecule has 1 amide bonds. The highest BCUT2D eigenvalue weighted by Crippen LogP contribution is 2.21. The molecule has 1 saturated heterocycles. The van der Waals surface area contributed by atoms with E-state index in [-0.39, 0.29) is 5.92 Å². The lowest BCUT2D eigenvalue weighted by molar-refractivity contribution is -0.139. The van der Waals surface area contributed by atoms with Gasteiger partial charge in [0.05, 0.1) is 12.5 Å². The van der Waals surface area contributed by atoms with E-state index in [1.165, 1.54) is 0 Å². The summed E-state index contributed by atoms with van der Waals surface area (Å²) in [5.41, 5.74) is 0. The van der Waals surface area contributed by atoms with Gasteiger partial charge in [0.2, 0.25) is 5.91 Å². The number of nitrogens with zero attached hydrogens (tertiary/aromatic N) is 1. The second kappa shape index (κ2) is 7.74. The van der Waals surface area contributed by atoms with Gasteiger partial charge in [-0.1, -0.05) is 13.8 Å². The van der Waals surface area contributed by atoms with Crippen LogP contribution >= 0.6 is 0 Å². The first-order chi connectivity index (χ1) is 8.65. The Kier molecular flexibility index (Phi) is 6.65. The molecule has 1 heterocycles. The van der Waals surface area contributed by atoms with E-state index in [9.17, 15) is 4.79 Å². The normalized spacial score (nSPS) is 23.6. The summed E-state index contributed by atoms with van der Waals surface area (Å²) in [5.74, 6) is 0.445. The minimum Gasteiger partial charge on any atom is -0.383 e. The molecule has 4 nitrogen and oxygen atoms in total. The summed E-state index contributed by atoms with van der Waals surface area (Å²) in [6.07, 6.45) is 2.99. The maximum atomic E-state index is 12.7. The second-order valence-corrected chi connectivity index (χ2v) is 5.13. The van der Waals surface area contributed by atoms with Crippen LogP contribution in [-0.2, 0) is 9.53 Å². The highest BCUT2D eigenvalue weighted by Gasteiger charge is 2.34. The molecule has 0 aliphatic carbocycles. The van der Waals surface area contributed by atoms with Crippen LogP contribution in [0.5, 0.6) is 0 Å². The number of methoxy groups -OCH3 is 1. The number of carbonyl (C=O) groups excluding carboxylic acids is 1. The molecule has 0 spiro atoms. The predicted molar refractivity (Wildman–Crippen MR) is 73.5 cm³/mol. The lowest BCUT2D eigenvalue weighted by atomic mass is 9.98. The van der Waals surface area contributed by atoms with E-state index in [0.717, 1.165) is 25.8 Å². The molecule has 1 aliphatic heterocycles. The Morgan fingerprint density at radius 2 is 2.11 bits per heavy atom. The number of hydrogen-bond acceptors (Lipinski definition) is 3. The van der Waals surface area contributed by atoms with Crippen molar-refractivity contribution in [1.29, 1.82) is 0 Å². The number of rotatable bonds is 7. The molecule has 0 radical (unpaired) electrons. The highest BCUT2D eigenvalue weighted by molar-refractivity contribution is 5.80. The van der Waals surface area contributed by atoms with Crippen LogP contribution in [0.15, 0.2) is 0 Å². The fourth-order valence-corrected chi connectivity index (χ4v) is 2.80. The molecule has 2 unspecified atom stereocenters. The summed E-state index contributed by atoms with van der Waals surface area (Å²) >= 11 is 0. The van der Waals surface area contributed by atoms with Crippen LogP contribution in [0.25, 0.3) is 0 Å². The van der Waals surface area contributed by atoms with Gasteiger partial charge in [0, 0.05) is 25.7 Å². The Hall–Kier alpha value is -0.610. The van der Waals surface area contributed by atoms with Gasteiger partial charge in [-0.05, 0) is 32.7 Å². The van der Waals surface area contributed by atoms with Crippen LogP contribution in [0.1, 0.15) is 40.0 Å². The summed E-state index contributed by atoms with van der Waals surface area (Å²) in [6.45, 7) is 8.70. The number of carbonyl (C=O) groups is 1. The van der Waals surface area contributed by atoms with E-state index in [4.69, 9.17) is 4.74 Å². The Labute approximate surface area is 111 Å². The summed E-state index contributed by atoms with van der Waals surface area (Å²) in [6, 6.07) is 0.650. The monoisotopic (exact) mass is 256 g/mol. The Bertz CT molecular complexity index is 254. The topological polar surface area (TPSA) is 41.6 Å². The fraction of sp³-hybridized carbons (Fsp3) is 0.929. The minimum atomic E-state index is 0.141. The third-order valence-electron chi connectivity index (χ3n) is 4.05. The third kappa shape index (κ3) is 3.69. The van der Waals surface area contributed by atoms with E-state index in [1.807, 2.05) is 4.90 Å². The summed E-state index contributed by atoms with van der Waals surface area (Å²) < 4.78 is 5.14. The largest absolute Gasteiger partial charge is 0.383 e. The van der Waals surface area contributed by atoms with Crippen molar-refractivity contribution in [3.63, 3.8) is 0 Å². The Morgan fingerprint density at radius 3 is 2.56 bits per heavy atom. The van der Waals surface area contributed by atoms with Crippen molar-refractivity contribution in [2.45, 2.75) is 52.1 Å². The maximum absolute atomic E-state index is 12.7. The molecule has 0 bridgehead atoms. The maximum Gasteiger partial charge on any atom is 0.227 e. The van der Waals surface area contributed by atoms with Crippen molar-refractivity contribution >= 4 is 5.91 Å². The number of amides is 1. The number of ether oxygens (including phenoxy) is 1. The molecule has 1 rings (SSSR count). The lowest BCUT2D eigenvalue weighted by Crippen LogP contribution is -2.47. The van der Waals surface area contributed by atoms with Crippen molar-refractivity contribution in [3.8, 4) is 0 Å². The molecule has 0 aromatic rings. The van der Waals surface area contributed by atoms with Crippen LogP contribution in [0.2, 0.25) is 0 Å². The van der Waals surface area contributed by atoms with E-state index < -0.39 is 0 Å². The first-order valence-electron chi connectivity index (χ1n) is 7.18. The first-order valence-corrected chi connectivity index (χ1v) is 7.18. The smallest absolute Gasteiger partial charge is 0.227 e. The molecule has 4 heteroatoms. The number of hydrogen-bond donors (Lipinski definition) is 1. The average molecular weight is 256 g/mol. The van der Waals surface area contributed by atoms with Gasteiger partial charge in [-0.2, -0.15) is 0 Å². The molecule has 0 saturated carbocycles. The van der Waals surface area contributed by atoms with Crippen LogP contribution in [-0.4, -0.2) is 49.7 Å². The molecule has 0 aromatic heterocycles. The van der Waals surface area contributed by atoms with Gasteiger partial charge in [-0.25, -0.2) is 0 Å². The van der Waals surface area contributed by atoms with E-state index in [0.29, 0.717) is 31.1 Å². The molecule has 1 fully saturated rings. The molecular formula is C14H28N2O2. The Morgan fingerprint density at radius 1 is 1.44 bits per heavy atom. The van der Waals surface area contributed by atoms with E-state index in [2.05, 4.69) is 26.1 Å². The number of nitrogens with one attached hydrogen (secondary N) is 1. The second-order valence-electron chi connectivity index (χ2n) is 5.13. The summed E-state index contributed by atoms with van der Waals surface area (Å²) in [4.78, 5) is 14.7. The molecule has 2 atom stereocenters. The zero-order chi connectivity index (χ0) is 13.5. The SMILES string of the molecule is CCC(CC)N(CCOC)C(=O)C1CCNC1C. The quantitative estimate of drug-likeness (QED) is 0.753. The highest BCUT2D eigenvalue weighted by atomic mass is 16.5. The lowest BCUT2D eigenvalue weighted by Gasteiger charge is -2.33. The van der Waals surface area contributed by atoms with E-state index in [1.54, 1.807) is 7.11 Å². The molecule has 18 heavy (non-hydrogen) atoms. The molecule has 106 valence electrons. The molecule has 1 aliphatic rings. The zero-order valence-electron chi connectivity index (χ0n) is 12.2. The summed E-state index contributed by atoms with van der Waals surface area (Å²) in [7, 11) is 1.69. The van der Waals surface area contributed by atoms with Gasteiger partial charge < -0.3 is 15.0 Å². The molecule has 1 N–H and O–H groups in total. The van der Waals surface area contributed by atoms with Crippen molar-refractivity contribution in [2.75, 3.05) is 26.8 Å². The van der Waals surface area contributed by atoms with Gasteiger partial charge in [-0.3, -0.25) is 4.79 Å². The molecule has 0 aromatic carbocycles. The van der Waals surface area contributed by atoms with Crippen LogP contribution < -0.4 is 5.32 Å². The Balaban J connectivity index is 2.70. The first kappa shape index (κ1) is 15.4. The predicted octanol–water partition coefficient (Wildman–Crippen LogP) is 1.65. The standard InChI is InChI=1S/C14H28N2O2/c1-5-12(6-2)16(9-10-18-4)14(17)13-7-8-15-11(13)3/h11-13,15H,5-10H2,1-4H3. The van der Waals surface area contributed by atoms with E-state index >= 15 is 0 Å².